The maximum atomic E-state index is 13.5. The standard InChI is InChI=1S/C15H12FNO/c16-12-8-4-7-11-9-13(18-15(11)12)14(17)10-5-2-1-3-6-10/h1-9,14H,17H2. The van der Waals surface area contributed by atoms with Crippen LogP contribution < -0.4 is 5.73 Å². The summed E-state index contributed by atoms with van der Waals surface area (Å²) < 4.78 is 19.0. The van der Waals surface area contributed by atoms with E-state index in [0.29, 0.717) is 5.76 Å². The number of hydrogen-bond acceptors (Lipinski definition) is 2. The Morgan fingerprint density at radius 3 is 2.50 bits per heavy atom. The molecule has 1 heterocycles. The summed E-state index contributed by atoms with van der Waals surface area (Å²) in [5, 5.41) is 0.733. The molecule has 0 amide bonds. The Balaban J connectivity index is 2.07. The van der Waals surface area contributed by atoms with Gasteiger partial charge >= 0.3 is 0 Å². The van der Waals surface area contributed by atoms with E-state index >= 15 is 0 Å². The van der Waals surface area contributed by atoms with Crippen molar-refractivity contribution in [2.45, 2.75) is 6.04 Å². The lowest BCUT2D eigenvalue weighted by Crippen LogP contribution is -2.10. The Morgan fingerprint density at radius 2 is 1.78 bits per heavy atom. The molecule has 90 valence electrons. The number of furan rings is 1. The topological polar surface area (TPSA) is 39.2 Å². The van der Waals surface area contributed by atoms with E-state index in [1.807, 2.05) is 36.4 Å². The van der Waals surface area contributed by atoms with Gasteiger partial charge in [0.15, 0.2) is 11.4 Å². The lowest BCUT2D eigenvalue weighted by molar-refractivity contribution is 0.502. The molecule has 1 unspecified atom stereocenters. The zero-order chi connectivity index (χ0) is 12.5. The van der Waals surface area contributed by atoms with Crippen LogP contribution in [0.25, 0.3) is 11.0 Å². The zero-order valence-electron chi connectivity index (χ0n) is 9.64. The second kappa shape index (κ2) is 4.27. The number of hydrogen-bond donors (Lipinski definition) is 1. The zero-order valence-corrected chi connectivity index (χ0v) is 9.64. The molecule has 0 aliphatic rings. The van der Waals surface area contributed by atoms with Crippen LogP contribution in [-0.2, 0) is 0 Å². The van der Waals surface area contributed by atoms with Crippen molar-refractivity contribution in [1.82, 2.24) is 0 Å². The summed E-state index contributed by atoms with van der Waals surface area (Å²) in [6.07, 6.45) is 0. The Labute approximate surface area is 104 Å². The average molecular weight is 241 g/mol. The van der Waals surface area contributed by atoms with Gasteiger partial charge in [-0.1, -0.05) is 42.5 Å². The van der Waals surface area contributed by atoms with Crippen molar-refractivity contribution in [3.63, 3.8) is 0 Å². The molecule has 2 nitrogen and oxygen atoms in total. The van der Waals surface area contributed by atoms with Crippen LogP contribution in [0.15, 0.2) is 59.0 Å². The van der Waals surface area contributed by atoms with E-state index < -0.39 is 0 Å². The quantitative estimate of drug-likeness (QED) is 0.744. The van der Waals surface area contributed by atoms with Crippen molar-refractivity contribution in [2.24, 2.45) is 5.73 Å². The fourth-order valence-corrected chi connectivity index (χ4v) is 2.03. The highest BCUT2D eigenvalue weighted by molar-refractivity contribution is 5.78. The Morgan fingerprint density at radius 1 is 1.00 bits per heavy atom. The Bertz CT molecular complexity index is 675. The highest BCUT2D eigenvalue weighted by atomic mass is 19.1. The Hall–Kier alpha value is -2.13. The maximum Gasteiger partial charge on any atom is 0.169 e. The van der Waals surface area contributed by atoms with Crippen LogP contribution in [0.3, 0.4) is 0 Å². The van der Waals surface area contributed by atoms with E-state index in [0.717, 1.165) is 10.9 Å². The molecule has 0 fully saturated rings. The lowest BCUT2D eigenvalue weighted by atomic mass is 10.1. The van der Waals surface area contributed by atoms with E-state index in [9.17, 15) is 4.39 Å². The molecule has 0 saturated carbocycles. The number of halogens is 1. The van der Waals surface area contributed by atoms with Crippen LogP contribution >= 0.6 is 0 Å². The first kappa shape index (κ1) is 11.0. The highest BCUT2D eigenvalue weighted by Gasteiger charge is 2.15. The summed E-state index contributed by atoms with van der Waals surface area (Å²) in [6, 6.07) is 15.9. The van der Waals surface area contributed by atoms with Crippen molar-refractivity contribution in [1.29, 1.82) is 0 Å². The third-order valence-electron chi connectivity index (χ3n) is 2.98. The van der Waals surface area contributed by atoms with Crippen molar-refractivity contribution in [2.75, 3.05) is 0 Å². The number of para-hydroxylation sites is 1. The van der Waals surface area contributed by atoms with Gasteiger partial charge in [-0.2, -0.15) is 0 Å². The van der Waals surface area contributed by atoms with Gasteiger partial charge in [-0.15, -0.1) is 0 Å². The SMILES string of the molecule is NC(c1ccccc1)c1cc2cccc(F)c2o1. The van der Waals surface area contributed by atoms with Gasteiger partial charge in [0.1, 0.15) is 5.76 Å². The molecule has 0 aliphatic heterocycles. The second-order valence-corrected chi connectivity index (χ2v) is 4.20. The number of benzene rings is 2. The van der Waals surface area contributed by atoms with Gasteiger partial charge in [-0.3, -0.25) is 0 Å². The van der Waals surface area contributed by atoms with E-state index in [4.69, 9.17) is 10.2 Å². The fourth-order valence-electron chi connectivity index (χ4n) is 2.03. The minimum atomic E-state index is -0.377. The molecule has 0 spiro atoms. The van der Waals surface area contributed by atoms with Gasteiger partial charge in [-0.25, -0.2) is 4.39 Å². The first-order valence-corrected chi connectivity index (χ1v) is 5.74. The van der Waals surface area contributed by atoms with Gasteiger partial charge in [-0.05, 0) is 17.7 Å². The van der Waals surface area contributed by atoms with Gasteiger partial charge in [0.2, 0.25) is 0 Å². The van der Waals surface area contributed by atoms with Crippen LogP contribution in [0.1, 0.15) is 17.4 Å². The van der Waals surface area contributed by atoms with E-state index in [-0.39, 0.29) is 17.4 Å². The maximum absolute atomic E-state index is 13.5. The third-order valence-corrected chi connectivity index (χ3v) is 2.98. The van der Waals surface area contributed by atoms with Gasteiger partial charge < -0.3 is 10.2 Å². The molecule has 0 aliphatic carbocycles. The molecular formula is C15H12FNO. The average Bonchev–Trinajstić information content (AvgIpc) is 2.84. The first-order chi connectivity index (χ1) is 8.75. The van der Waals surface area contributed by atoms with Crippen LogP contribution in [0.2, 0.25) is 0 Å². The summed E-state index contributed by atoms with van der Waals surface area (Å²) in [6.45, 7) is 0. The van der Waals surface area contributed by atoms with Crippen LogP contribution in [0, 0.1) is 5.82 Å². The monoisotopic (exact) mass is 241 g/mol. The minimum absolute atomic E-state index is 0.263. The van der Waals surface area contributed by atoms with Crippen molar-refractivity contribution < 1.29 is 8.81 Å². The van der Waals surface area contributed by atoms with E-state index in [1.165, 1.54) is 6.07 Å². The molecule has 3 aromatic rings. The van der Waals surface area contributed by atoms with Gasteiger partial charge in [0, 0.05) is 5.39 Å². The lowest BCUT2D eigenvalue weighted by Gasteiger charge is -2.07. The molecule has 1 aromatic heterocycles. The highest BCUT2D eigenvalue weighted by Crippen LogP contribution is 2.27. The Kier molecular flexibility index (Phi) is 2.61. The molecule has 3 heteroatoms. The van der Waals surface area contributed by atoms with E-state index in [1.54, 1.807) is 12.1 Å². The molecule has 2 aromatic carbocycles. The normalized spacial score (nSPS) is 12.8. The second-order valence-electron chi connectivity index (χ2n) is 4.20. The number of fused-ring (bicyclic) bond motifs is 1. The van der Waals surface area contributed by atoms with Crippen LogP contribution in [-0.4, -0.2) is 0 Å². The molecule has 18 heavy (non-hydrogen) atoms. The fraction of sp³-hybridized carbons (Fsp3) is 0.0667. The smallest absolute Gasteiger partial charge is 0.169 e. The van der Waals surface area contributed by atoms with Gasteiger partial charge in [0.05, 0.1) is 6.04 Å². The summed E-state index contributed by atoms with van der Waals surface area (Å²) in [5.74, 6) is 0.209. The van der Waals surface area contributed by atoms with Crippen molar-refractivity contribution in [3.8, 4) is 0 Å². The largest absolute Gasteiger partial charge is 0.456 e. The van der Waals surface area contributed by atoms with Gasteiger partial charge in [0.25, 0.3) is 0 Å². The summed E-state index contributed by atoms with van der Waals surface area (Å²) >= 11 is 0. The summed E-state index contributed by atoms with van der Waals surface area (Å²) in [7, 11) is 0. The summed E-state index contributed by atoms with van der Waals surface area (Å²) in [5.41, 5.74) is 7.32. The first-order valence-electron chi connectivity index (χ1n) is 5.74. The summed E-state index contributed by atoms with van der Waals surface area (Å²) in [4.78, 5) is 0. The minimum Gasteiger partial charge on any atom is -0.456 e. The van der Waals surface area contributed by atoms with Crippen LogP contribution in [0.4, 0.5) is 4.39 Å². The molecule has 0 saturated heterocycles. The number of rotatable bonds is 2. The molecule has 0 bridgehead atoms. The molecular weight excluding hydrogens is 229 g/mol. The van der Waals surface area contributed by atoms with E-state index in [2.05, 4.69) is 0 Å². The van der Waals surface area contributed by atoms with Crippen molar-refractivity contribution in [3.05, 3.63) is 71.7 Å². The number of nitrogens with two attached hydrogens (primary N) is 1. The molecule has 0 radical (unpaired) electrons. The predicted octanol–water partition coefficient (Wildman–Crippen LogP) is 3.62. The predicted molar refractivity (Wildman–Crippen MR) is 68.6 cm³/mol. The molecule has 2 N–H and O–H groups in total. The molecule has 1 atom stereocenters. The van der Waals surface area contributed by atoms with Crippen molar-refractivity contribution >= 4 is 11.0 Å². The van der Waals surface area contributed by atoms with Crippen LogP contribution in [0.5, 0.6) is 0 Å². The molecule has 3 rings (SSSR count). The third kappa shape index (κ3) is 1.79.